The lowest BCUT2D eigenvalue weighted by Crippen LogP contribution is -2.21. The summed E-state index contributed by atoms with van der Waals surface area (Å²) in [5.41, 5.74) is 2.83. The van der Waals surface area contributed by atoms with Gasteiger partial charge in [0.1, 0.15) is 5.39 Å². The first-order valence-electron chi connectivity index (χ1n) is 8.92. The minimum Gasteiger partial charge on any atom is -0.449 e. The van der Waals surface area contributed by atoms with E-state index in [-0.39, 0.29) is 16.5 Å². The smallest absolute Gasteiger partial charge is 0.265 e. The third-order valence-electron chi connectivity index (χ3n) is 5.57. The van der Waals surface area contributed by atoms with E-state index in [2.05, 4.69) is 0 Å². The zero-order valence-electron chi connectivity index (χ0n) is 15.1. The summed E-state index contributed by atoms with van der Waals surface area (Å²) in [5.74, 6) is 0. The lowest BCUT2D eigenvalue weighted by atomic mass is 10.1. The van der Waals surface area contributed by atoms with Crippen molar-refractivity contribution in [3.8, 4) is 0 Å². The van der Waals surface area contributed by atoms with Crippen LogP contribution in [0.25, 0.3) is 54.9 Å². The molecule has 0 fully saturated rings. The maximum Gasteiger partial charge on any atom is 0.265 e. The van der Waals surface area contributed by atoms with Gasteiger partial charge >= 0.3 is 0 Å². The molecule has 0 bridgehead atoms. The van der Waals surface area contributed by atoms with Crippen molar-refractivity contribution >= 4 is 54.9 Å². The predicted octanol–water partition coefficient (Wildman–Crippen LogP) is 4.04. The molecule has 0 atom stereocenters. The average molecular weight is 370 g/mol. The van der Waals surface area contributed by atoms with Gasteiger partial charge in [0.2, 0.25) is 0 Å². The molecule has 28 heavy (non-hydrogen) atoms. The van der Waals surface area contributed by atoms with Crippen LogP contribution < -0.4 is 11.1 Å². The molecule has 0 amide bonds. The summed E-state index contributed by atoms with van der Waals surface area (Å²) in [5, 5.41) is 2.26. The van der Waals surface area contributed by atoms with Crippen molar-refractivity contribution < 1.29 is 8.83 Å². The molecule has 3 aromatic carbocycles. The molecule has 6 heteroatoms. The first-order chi connectivity index (χ1) is 13.6. The van der Waals surface area contributed by atoms with Crippen molar-refractivity contribution in [1.29, 1.82) is 0 Å². The van der Waals surface area contributed by atoms with Gasteiger partial charge in [-0.15, -0.1) is 0 Å². The van der Waals surface area contributed by atoms with Crippen molar-refractivity contribution in [1.82, 2.24) is 9.13 Å². The number of aryl methyl sites for hydroxylation is 1. The van der Waals surface area contributed by atoms with Gasteiger partial charge in [-0.2, -0.15) is 0 Å². The Balaban J connectivity index is 2.12. The van der Waals surface area contributed by atoms with E-state index in [0.717, 1.165) is 26.4 Å². The third kappa shape index (κ3) is 1.63. The van der Waals surface area contributed by atoms with Gasteiger partial charge in [0, 0.05) is 30.4 Å². The minimum absolute atomic E-state index is 0.265. The van der Waals surface area contributed by atoms with Gasteiger partial charge in [0.05, 0.1) is 10.9 Å². The molecule has 0 saturated heterocycles. The average Bonchev–Trinajstić information content (AvgIpc) is 3.14. The Morgan fingerprint density at radius 1 is 0.679 bits per heavy atom. The van der Waals surface area contributed by atoms with E-state index >= 15 is 0 Å². The summed E-state index contributed by atoms with van der Waals surface area (Å²) in [7, 11) is 3.41. The Labute approximate surface area is 156 Å². The van der Waals surface area contributed by atoms with E-state index in [1.165, 1.54) is 7.05 Å². The molecule has 3 heterocycles. The van der Waals surface area contributed by atoms with E-state index in [1.54, 1.807) is 6.07 Å². The monoisotopic (exact) mass is 370 g/mol. The number of rotatable bonds is 0. The van der Waals surface area contributed by atoms with Gasteiger partial charge in [-0.25, -0.2) is 0 Å². The standard InChI is InChI=1S/C22H14N2O4/c1-23-12-8-4-3-7-11(12)15-16-17(22(26)24(2)21(16)25)19-20(18(15)23)28-14-10-6-5-9-13(14)27-19/h3-10H,1-2H3. The number of aromatic nitrogens is 2. The topological polar surface area (TPSA) is 70.3 Å². The molecule has 0 spiro atoms. The lowest BCUT2D eigenvalue weighted by molar-refractivity contribution is 0.585. The molecule has 0 radical (unpaired) electrons. The second-order valence-electron chi connectivity index (χ2n) is 7.03. The largest absolute Gasteiger partial charge is 0.449 e. The fourth-order valence-electron chi connectivity index (χ4n) is 4.25. The zero-order chi connectivity index (χ0) is 19.2. The van der Waals surface area contributed by atoms with Crippen LogP contribution in [0.2, 0.25) is 0 Å². The molecular formula is C22H14N2O4. The number of fused-ring (bicyclic) bond motifs is 9. The molecule has 136 valence electrons. The van der Waals surface area contributed by atoms with Crippen molar-refractivity contribution in [2.24, 2.45) is 14.1 Å². The molecule has 3 aromatic heterocycles. The molecule has 0 aliphatic heterocycles. The van der Waals surface area contributed by atoms with Crippen molar-refractivity contribution in [3.63, 3.8) is 0 Å². The predicted molar refractivity (Wildman–Crippen MR) is 109 cm³/mol. The highest BCUT2D eigenvalue weighted by Crippen LogP contribution is 2.39. The number of hydrogen-bond donors (Lipinski definition) is 0. The van der Waals surface area contributed by atoms with E-state index in [1.807, 2.05) is 54.1 Å². The van der Waals surface area contributed by atoms with E-state index < -0.39 is 0 Å². The van der Waals surface area contributed by atoms with Crippen LogP contribution in [0.4, 0.5) is 0 Å². The lowest BCUT2D eigenvalue weighted by Gasteiger charge is -2.06. The second-order valence-corrected chi connectivity index (χ2v) is 7.03. The van der Waals surface area contributed by atoms with Gasteiger partial charge < -0.3 is 13.4 Å². The van der Waals surface area contributed by atoms with Crippen LogP contribution in [-0.2, 0) is 14.1 Å². The van der Waals surface area contributed by atoms with Crippen LogP contribution in [0.1, 0.15) is 0 Å². The Morgan fingerprint density at radius 3 is 2.04 bits per heavy atom. The van der Waals surface area contributed by atoms with Crippen LogP contribution in [-0.4, -0.2) is 9.13 Å². The SMILES string of the molecule is Cn1c(=O)c2c3oc4ccccc4oc3c3c(c4ccccc4n3C)c2c1=O. The maximum absolute atomic E-state index is 13.0. The Morgan fingerprint density at radius 2 is 1.29 bits per heavy atom. The quantitative estimate of drug-likeness (QED) is 0.379. The normalized spacial score (nSPS) is 12.2. The van der Waals surface area contributed by atoms with Crippen molar-refractivity contribution in [2.45, 2.75) is 0 Å². The molecule has 0 aliphatic rings. The highest BCUT2D eigenvalue weighted by atomic mass is 16.4. The number of para-hydroxylation sites is 3. The van der Waals surface area contributed by atoms with Crippen molar-refractivity contribution in [3.05, 3.63) is 69.2 Å². The highest BCUT2D eigenvalue weighted by molar-refractivity contribution is 6.29. The summed E-state index contributed by atoms with van der Waals surface area (Å²) in [6.07, 6.45) is 0. The molecular weight excluding hydrogens is 356 g/mol. The highest BCUT2D eigenvalue weighted by Gasteiger charge is 2.25. The molecule has 0 unspecified atom stereocenters. The van der Waals surface area contributed by atoms with E-state index in [9.17, 15) is 9.59 Å². The molecule has 0 saturated carbocycles. The maximum atomic E-state index is 13.0. The van der Waals surface area contributed by atoms with Crippen LogP contribution in [0.5, 0.6) is 0 Å². The number of hydrogen-bond acceptors (Lipinski definition) is 4. The fourth-order valence-corrected chi connectivity index (χ4v) is 4.25. The van der Waals surface area contributed by atoms with Crippen LogP contribution in [0, 0.1) is 0 Å². The van der Waals surface area contributed by atoms with E-state index in [0.29, 0.717) is 27.7 Å². The summed E-state index contributed by atoms with van der Waals surface area (Å²) < 4.78 is 15.4. The molecule has 0 N–H and O–H groups in total. The van der Waals surface area contributed by atoms with Gasteiger partial charge in [-0.3, -0.25) is 14.2 Å². The van der Waals surface area contributed by atoms with Gasteiger partial charge in [0.25, 0.3) is 11.1 Å². The number of nitrogens with zero attached hydrogens (tertiary/aromatic N) is 2. The van der Waals surface area contributed by atoms with Crippen molar-refractivity contribution in [2.75, 3.05) is 0 Å². The summed E-state index contributed by atoms with van der Waals surface area (Å²) in [4.78, 5) is 25.9. The van der Waals surface area contributed by atoms with Crippen LogP contribution in [0.3, 0.4) is 0 Å². The fraction of sp³-hybridized carbons (Fsp3) is 0.0909. The van der Waals surface area contributed by atoms with Crippen LogP contribution in [0.15, 0.2) is 67.0 Å². The van der Waals surface area contributed by atoms with E-state index in [4.69, 9.17) is 8.83 Å². The summed E-state index contributed by atoms with van der Waals surface area (Å²) >= 11 is 0. The number of benzene rings is 3. The molecule has 6 nitrogen and oxygen atoms in total. The zero-order valence-corrected chi connectivity index (χ0v) is 15.1. The molecule has 0 aliphatic carbocycles. The van der Waals surface area contributed by atoms with Gasteiger partial charge in [0.15, 0.2) is 22.3 Å². The Hall–Kier alpha value is -3.80. The van der Waals surface area contributed by atoms with Gasteiger partial charge in [-0.1, -0.05) is 30.3 Å². The van der Waals surface area contributed by atoms with Crippen LogP contribution >= 0.6 is 0 Å². The minimum atomic E-state index is -0.380. The third-order valence-corrected chi connectivity index (χ3v) is 5.57. The molecule has 6 aromatic rings. The summed E-state index contributed by atoms with van der Waals surface area (Å²) in [6, 6.07) is 15.1. The Bertz CT molecular complexity index is 1730. The second kappa shape index (κ2) is 4.92. The molecule has 6 rings (SSSR count). The Kier molecular flexibility index (Phi) is 2.69. The van der Waals surface area contributed by atoms with Gasteiger partial charge in [-0.05, 0) is 18.2 Å². The summed E-state index contributed by atoms with van der Waals surface area (Å²) in [6.45, 7) is 0. The first kappa shape index (κ1) is 15.3. The first-order valence-corrected chi connectivity index (χ1v) is 8.92.